The van der Waals surface area contributed by atoms with E-state index in [1.165, 1.54) is 12.3 Å². The Balaban J connectivity index is 1.66. The first kappa shape index (κ1) is 17.2. The molecule has 3 rings (SSSR count). The van der Waals surface area contributed by atoms with Crippen LogP contribution in [-0.4, -0.2) is 33.5 Å². The summed E-state index contributed by atoms with van der Waals surface area (Å²) in [5.41, 5.74) is 3.08. The number of amides is 1. The third kappa shape index (κ3) is 3.69. The lowest BCUT2D eigenvalue weighted by atomic mass is 10.2. The molecule has 0 aliphatic heterocycles. The molecule has 1 aromatic heterocycles. The quantitative estimate of drug-likeness (QED) is 0.535. The largest absolute Gasteiger partial charge is 0.507 e. The van der Waals surface area contributed by atoms with Crippen molar-refractivity contribution in [3.63, 3.8) is 0 Å². The summed E-state index contributed by atoms with van der Waals surface area (Å²) in [5.74, 6) is -0.171. The third-order valence-electron chi connectivity index (χ3n) is 3.58. The molecule has 0 fully saturated rings. The van der Waals surface area contributed by atoms with Gasteiger partial charge in [-0.15, -0.1) is 0 Å². The Bertz CT molecular complexity index is 1040. The predicted octanol–water partition coefficient (Wildman–Crippen LogP) is 1.53. The van der Waals surface area contributed by atoms with Crippen molar-refractivity contribution in [1.82, 2.24) is 9.66 Å². The van der Waals surface area contributed by atoms with Gasteiger partial charge >= 0.3 is 0 Å². The van der Waals surface area contributed by atoms with Crippen molar-refractivity contribution < 1.29 is 14.7 Å². The average molecular weight is 352 g/mol. The number of nitrogens with one attached hydrogen (secondary N) is 1. The minimum atomic E-state index is -0.568. The highest BCUT2D eigenvalue weighted by atomic mass is 16.6. The van der Waals surface area contributed by atoms with Crippen LogP contribution in [-0.2, 0) is 9.63 Å². The predicted molar refractivity (Wildman–Crippen MR) is 96.8 cm³/mol. The molecule has 26 heavy (non-hydrogen) atoms. The van der Waals surface area contributed by atoms with Gasteiger partial charge in [-0.05, 0) is 31.2 Å². The number of rotatable bonds is 5. The summed E-state index contributed by atoms with van der Waals surface area (Å²) in [6, 6.07) is 13.4. The van der Waals surface area contributed by atoms with Crippen LogP contribution >= 0.6 is 0 Å². The fourth-order valence-electron chi connectivity index (χ4n) is 2.32. The number of hydrogen-bond acceptors (Lipinski definition) is 6. The van der Waals surface area contributed by atoms with E-state index < -0.39 is 12.5 Å². The molecule has 132 valence electrons. The SMILES string of the molecule is Cc1nc2ccccc2c(=O)n1NC(=O)CO/N=C\c1ccccc1O. The zero-order valence-electron chi connectivity index (χ0n) is 13.9. The molecule has 1 heterocycles. The number of phenolic OH excluding ortho intramolecular Hbond substituents is 1. The minimum Gasteiger partial charge on any atom is -0.507 e. The van der Waals surface area contributed by atoms with Crippen LogP contribution in [0.3, 0.4) is 0 Å². The van der Waals surface area contributed by atoms with Gasteiger partial charge in [0.25, 0.3) is 11.5 Å². The Kier molecular flexibility index (Phi) is 4.93. The fraction of sp³-hybridized carbons (Fsp3) is 0.111. The first-order valence-corrected chi connectivity index (χ1v) is 7.78. The van der Waals surface area contributed by atoms with E-state index in [4.69, 9.17) is 4.84 Å². The van der Waals surface area contributed by atoms with E-state index in [0.717, 1.165) is 4.68 Å². The maximum absolute atomic E-state index is 12.4. The topological polar surface area (TPSA) is 106 Å². The standard InChI is InChI=1S/C18H16N4O4/c1-12-20-15-8-4-3-7-14(15)18(25)22(12)21-17(24)11-26-19-10-13-6-2-5-9-16(13)23/h2-10,23H,11H2,1H3,(H,21,24)/b19-10-. The van der Waals surface area contributed by atoms with Crippen molar-refractivity contribution >= 4 is 23.0 Å². The molecule has 0 atom stereocenters. The first-order chi connectivity index (χ1) is 12.6. The van der Waals surface area contributed by atoms with E-state index in [-0.39, 0.29) is 11.3 Å². The van der Waals surface area contributed by atoms with Crippen molar-refractivity contribution in [2.24, 2.45) is 5.16 Å². The normalized spacial score (nSPS) is 11.0. The van der Waals surface area contributed by atoms with Crippen LogP contribution in [0.25, 0.3) is 10.9 Å². The van der Waals surface area contributed by atoms with Gasteiger partial charge in [0.2, 0.25) is 0 Å². The number of aryl methyl sites for hydroxylation is 1. The molecule has 2 N–H and O–H groups in total. The summed E-state index contributed by atoms with van der Waals surface area (Å²) < 4.78 is 1.07. The van der Waals surface area contributed by atoms with Crippen LogP contribution in [0.2, 0.25) is 0 Å². The molecule has 0 radical (unpaired) electrons. The second-order valence-electron chi connectivity index (χ2n) is 5.42. The number of para-hydroxylation sites is 2. The number of oxime groups is 1. The van der Waals surface area contributed by atoms with Crippen molar-refractivity contribution in [3.05, 3.63) is 70.3 Å². The van der Waals surface area contributed by atoms with Gasteiger partial charge in [-0.2, -0.15) is 0 Å². The van der Waals surface area contributed by atoms with Crippen LogP contribution in [0.4, 0.5) is 0 Å². The molecular formula is C18H16N4O4. The Morgan fingerprint density at radius 1 is 1.27 bits per heavy atom. The zero-order valence-corrected chi connectivity index (χ0v) is 13.9. The molecule has 1 amide bonds. The average Bonchev–Trinajstić information content (AvgIpc) is 2.63. The number of carbonyl (C=O) groups excluding carboxylic acids is 1. The Labute approximate surface area is 148 Å². The van der Waals surface area contributed by atoms with Crippen LogP contribution in [0.15, 0.2) is 58.5 Å². The monoisotopic (exact) mass is 352 g/mol. The molecule has 0 saturated heterocycles. The summed E-state index contributed by atoms with van der Waals surface area (Å²) in [6.45, 7) is 1.22. The summed E-state index contributed by atoms with van der Waals surface area (Å²) in [5, 5.41) is 13.6. The van der Waals surface area contributed by atoms with E-state index >= 15 is 0 Å². The number of hydrogen-bond donors (Lipinski definition) is 2. The van der Waals surface area contributed by atoms with E-state index in [1.54, 1.807) is 49.4 Å². The summed E-state index contributed by atoms with van der Waals surface area (Å²) in [6.07, 6.45) is 1.29. The second-order valence-corrected chi connectivity index (χ2v) is 5.42. The lowest BCUT2D eigenvalue weighted by molar-refractivity contribution is -0.121. The van der Waals surface area contributed by atoms with Gasteiger partial charge in [-0.25, -0.2) is 9.66 Å². The van der Waals surface area contributed by atoms with Gasteiger partial charge in [0.15, 0.2) is 6.61 Å². The number of fused-ring (bicyclic) bond motifs is 1. The Morgan fingerprint density at radius 3 is 2.81 bits per heavy atom. The van der Waals surface area contributed by atoms with Crippen LogP contribution in [0.5, 0.6) is 5.75 Å². The lowest BCUT2D eigenvalue weighted by Gasteiger charge is -2.11. The van der Waals surface area contributed by atoms with Crippen molar-refractivity contribution in [2.75, 3.05) is 12.0 Å². The number of nitrogens with zero attached hydrogens (tertiary/aromatic N) is 3. The number of aromatic nitrogens is 2. The van der Waals surface area contributed by atoms with E-state index in [0.29, 0.717) is 22.3 Å². The molecule has 2 aromatic carbocycles. The van der Waals surface area contributed by atoms with Crippen molar-refractivity contribution in [1.29, 1.82) is 0 Å². The van der Waals surface area contributed by atoms with Gasteiger partial charge in [0, 0.05) is 5.56 Å². The molecular weight excluding hydrogens is 336 g/mol. The summed E-state index contributed by atoms with van der Waals surface area (Å²) in [4.78, 5) is 33.6. The molecule has 0 aliphatic carbocycles. The first-order valence-electron chi connectivity index (χ1n) is 7.78. The second kappa shape index (κ2) is 7.47. The lowest BCUT2D eigenvalue weighted by Crippen LogP contribution is -2.37. The molecule has 8 heteroatoms. The fourth-order valence-corrected chi connectivity index (χ4v) is 2.32. The van der Waals surface area contributed by atoms with Gasteiger partial charge in [0.05, 0.1) is 17.1 Å². The van der Waals surface area contributed by atoms with Gasteiger partial charge in [-0.1, -0.05) is 29.4 Å². The van der Waals surface area contributed by atoms with Crippen LogP contribution in [0, 0.1) is 6.92 Å². The summed E-state index contributed by atoms with van der Waals surface area (Å²) >= 11 is 0. The number of aromatic hydroxyl groups is 1. The van der Waals surface area contributed by atoms with Gasteiger partial charge in [0.1, 0.15) is 11.6 Å². The highest BCUT2D eigenvalue weighted by Crippen LogP contribution is 2.12. The molecule has 0 bridgehead atoms. The van der Waals surface area contributed by atoms with Crippen LogP contribution < -0.4 is 11.0 Å². The van der Waals surface area contributed by atoms with Crippen molar-refractivity contribution in [3.8, 4) is 5.75 Å². The Morgan fingerprint density at radius 2 is 2.00 bits per heavy atom. The maximum Gasteiger partial charge on any atom is 0.280 e. The summed E-state index contributed by atoms with van der Waals surface area (Å²) in [7, 11) is 0. The third-order valence-corrected chi connectivity index (χ3v) is 3.58. The highest BCUT2D eigenvalue weighted by molar-refractivity contribution is 5.86. The minimum absolute atomic E-state index is 0.0497. The number of benzene rings is 2. The molecule has 0 unspecified atom stereocenters. The number of phenols is 1. The smallest absolute Gasteiger partial charge is 0.280 e. The van der Waals surface area contributed by atoms with E-state index in [1.807, 2.05) is 0 Å². The van der Waals surface area contributed by atoms with Crippen molar-refractivity contribution in [2.45, 2.75) is 6.92 Å². The number of carbonyl (C=O) groups is 1. The molecule has 0 aliphatic rings. The van der Waals surface area contributed by atoms with Gasteiger partial charge < -0.3 is 9.94 Å². The van der Waals surface area contributed by atoms with Crippen LogP contribution in [0.1, 0.15) is 11.4 Å². The Hall–Kier alpha value is -3.68. The zero-order chi connectivity index (χ0) is 18.5. The molecule has 0 saturated carbocycles. The molecule has 3 aromatic rings. The van der Waals surface area contributed by atoms with E-state index in [9.17, 15) is 14.7 Å². The van der Waals surface area contributed by atoms with E-state index in [2.05, 4.69) is 15.6 Å². The molecule has 8 nitrogen and oxygen atoms in total. The molecule has 0 spiro atoms. The van der Waals surface area contributed by atoms with Gasteiger partial charge in [-0.3, -0.25) is 15.0 Å². The highest BCUT2D eigenvalue weighted by Gasteiger charge is 2.10. The maximum atomic E-state index is 12.4.